The van der Waals surface area contributed by atoms with Gasteiger partial charge in [-0.05, 0) is 18.2 Å². The fourth-order valence-electron chi connectivity index (χ4n) is 2.68. The van der Waals surface area contributed by atoms with E-state index < -0.39 is 11.2 Å². The van der Waals surface area contributed by atoms with E-state index in [1.807, 2.05) is 0 Å². The van der Waals surface area contributed by atoms with Gasteiger partial charge in [-0.15, -0.1) is 0 Å². The molecule has 0 saturated carbocycles. The molecule has 136 valence electrons. The van der Waals surface area contributed by atoms with Crippen molar-refractivity contribution < 1.29 is 33.9 Å². The summed E-state index contributed by atoms with van der Waals surface area (Å²) in [5, 5.41) is 29.8. The monoisotopic (exact) mass is 360 g/mol. The van der Waals surface area contributed by atoms with Crippen molar-refractivity contribution in [2.45, 2.75) is 0 Å². The maximum absolute atomic E-state index is 12.8. The Morgan fingerprint density at radius 3 is 2.19 bits per heavy atom. The van der Waals surface area contributed by atoms with E-state index in [4.69, 9.17) is 18.6 Å². The molecule has 0 atom stereocenters. The second-order valence-corrected chi connectivity index (χ2v) is 5.33. The lowest BCUT2D eigenvalue weighted by molar-refractivity contribution is 0.345. The Kier molecular flexibility index (Phi) is 4.25. The van der Waals surface area contributed by atoms with Crippen LogP contribution >= 0.6 is 0 Å². The Morgan fingerprint density at radius 1 is 0.885 bits per heavy atom. The van der Waals surface area contributed by atoms with Crippen molar-refractivity contribution in [3.05, 3.63) is 34.5 Å². The Balaban J connectivity index is 2.39. The van der Waals surface area contributed by atoms with E-state index in [0.29, 0.717) is 5.56 Å². The molecule has 3 rings (SSSR count). The molecule has 0 saturated heterocycles. The SMILES string of the molecule is COc1cc(-c2oc3cc(O)c(OC)c(O)c3c(=O)c2OC)ccc1O. The van der Waals surface area contributed by atoms with Gasteiger partial charge in [0.15, 0.2) is 28.8 Å². The average molecular weight is 360 g/mol. The van der Waals surface area contributed by atoms with E-state index in [9.17, 15) is 20.1 Å². The van der Waals surface area contributed by atoms with E-state index in [1.165, 1.54) is 39.5 Å². The normalized spacial score (nSPS) is 10.7. The van der Waals surface area contributed by atoms with Crippen LogP contribution in [-0.2, 0) is 0 Å². The topological polar surface area (TPSA) is 119 Å². The second kappa shape index (κ2) is 6.40. The molecular formula is C18H16O8. The van der Waals surface area contributed by atoms with Crippen LogP contribution in [0.3, 0.4) is 0 Å². The van der Waals surface area contributed by atoms with Crippen LogP contribution in [0.5, 0.6) is 34.5 Å². The molecule has 0 amide bonds. The van der Waals surface area contributed by atoms with E-state index in [1.54, 1.807) is 0 Å². The molecule has 1 aromatic heterocycles. The summed E-state index contributed by atoms with van der Waals surface area (Å²) in [7, 11) is 3.92. The summed E-state index contributed by atoms with van der Waals surface area (Å²) in [6.45, 7) is 0. The molecule has 0 aliphatic heterocycles. The molecule has 0 fully saturated rings. The molecule has 8 heteroatoms. The lowest BCUT2D eigenvalue weighted by atomic mass is 10.1. The highest BCUT2D eigenvalue weighted by Crippen LogP contribution is 2.43. The summed E-state index contributed by atoms with van der Waals surface area (Å²) >= 11 is 0. The smallest absolute Gasteiger partial charge is 0.239 e. The number of phenols is 3. The van der Waals surface area contributed by atoms with Crippen LogP contribution in [0.15, 0.2) is 33.5 Å². The van der Waals surface area contributed by atoms with Crippen LogP contribution in [-0.4, -0.2) is 36.6 Å². The first-order chi connectivity index (χ1) is 12.4. The van der Waals surface area contributed by atoms with Crippen molar-refractivity contribution in [3.8, 4) is 45.8 Å². The quantitative estimate of drug-likeness (QED) is 0.650. The molecule has 0 bridgehead atoms. The van der Waals surface area contributed by atoms with Crippen molar-refractivity contribution >= 4 is 11.0 Å². The summed E-state index contributed by atoms with van der Waals surface area (Å²) in [4.78, 5) is 12.8. The van der Waals surface area contributed by atoms with Gasteiger partial charge in [-0.25, -0.2) is 0 Å². The third-order valence-corrected chi connectivity index (χ3v) is 3.90. The number of benzene rings is 2. The summed E-state index contributed by atoms with van der Waals surface area (Å²) in [5.74, 6) is -1.21. The molecule has 0 aliphatic carbocycles. The maximum Gasteiger partial charge on any atom is 0.239 e. The number of methoxy groups -OCH3 is 3. The number of hydrogen-bond donors (Lipinski definition) is 3. The molecule has 26 heavy (non-hydrogen) atoms. The lowest BCUT2D eigenvalue weighted by Crippen LogP contribution is -2.08. The molecule has 3 aromatic rings. The maximum atomic E-state index is 12.8. The highest BCUT2D eigenvalue weighted by molar-refractivity contribution is 5.91. The first-order valence-electron chi connectivity index (χ1n) is 7.44. The Bertz CT molecular complexity index is 1050. The van der Waals surface area contributed by atoms with E-state index in [2.05, 4.69) is 0 Å². The van der Waals surface area contributed by atoms with Gasteiger partial charge in [0.25, 0.3) is 0 Å². The highest BCUT2D eigenvalue weighted by Gasteiger charge is 2.24. The third-order valence-electron chi connectivity index (χ3n) is 3.90. The second-order valence-electron chi connectivity index (χ2n) is 5.33. The number of hydrogen-bond acceptors (Lipinski definition) is 8. The predicted molar refractivity (Wildman–Crippen MR) is 92.6 cm³/mol. The van der Waals surface area contributed by atoms with Gasteiger partial charge in [0.1, 0.15) is 11.0 Å². The van der Waals surface area contributed by atoms with Gasteiger partial charge in [0, 0.05) is 11.6 Å². The lowest BCUT2D eigenvalue weighted by Gasteiger charge is -2.13. The minimum Gasteiger partial charge on any atom is -0.504 e. The van der Waals surface area contributed by atoms with Crippen LogP contribution < -0.4 is 19.6 Å². The molecule has 0 radical (unpaired) electrons. The Labute approximate surface area is 147 Å². The Hall–Kier alpha value is -3.55. The highest BCUT2D eigenvalue weighted by atomic mass is 16.5. The predicted octanol–water partition coefficient (Wildman–Crippen LogP) is 2.60. The number of aromatic hydroxyl groups is 3. The van der Waals surface area contributed by atoms with Crippen molar-refractivity contribution in [2.24, 2.45) is 0 Å². The van der Waals surface area contributed by atoms with Gasteiger partial charge in [0.2, 0.25) is 16.9 Å². The number of rotatable bonds is 4. The molecule has 0 aliphatic rings. The van der Waals surface area contributed by atoms with E-state index in [-0.39, 0.29) is 45.5 Å². The summed E-state index contributed by atoms with van der Waals surface area (Å²) in [6.07, 6.45) is 0. The van der Waals surface area contributed by atoms with E-state index >= 15 is 0 Å². The molecule has 3 N–H and O–H groups in total. The minimum absolute atomic E-state index is 0.0484. The molecule has 1 heterocycles. The van der Waals surface area contributed by atoms with Crippen molar-refractivity contribution in [1.29, 1.82) is 0 Å². The van der Waals surface area contributed by atoms with Crippen molar-refractivity contribution in [1.82, 2.24) is 0 Å². The fraction of sp³-hybridized carbons (Fsp3) is 0.167. The molecule has 0 spiro atoms. The van der Waals surface area contributed by atoms with Crippen LogP contribution in [0.25, 0.3) is 22.3 Å². The zero-order valence-electron chi connectivity index (χ0n) is 14.2. The largest absolute Gasteiger partial charge is 0.504 e. The van der Waals surface area contributed by atoms with Gasteiger partial charge in [0.05, 0.1) is 21.3 Å². The molecular weight excluding hydrogens is 344 g/mol. The summed E-state index contributed by atoms with van der Waals surface area (Å²) in [5.41, 5.74) is -0.314. The zero-order chi connectivity index (χ0) is 19.0. The fourth-order valence-corrected chi connectivity index (χ4v) is 2.68. The number of fused-ring (bicyclic) bond motifs is 1. The minimum atomic E-state index is -0.647. The molecule has 2 aromatic carbocycles. The summed E-state index contributed by atoms with van der Waals surface area (Å²) in [6, 6.07) is 5.51. The first-order valence-corrected chi connectivity index (χ1v) is 7.44. The van der Waals surface area contributed by atoms with Gasteiger partial charge < -0.3 is 33.9 Å². The summed E-state index contributed by atoms with van der Waals surface area (Å²) < 4.78 is 20.9. The number of ether oxygens (including phenoxy) is 3. The van der Waals surface area contributed by atoms with Gasteiger partial charge >= 0.3 is 0 Å². The van der Waals surface area contributed by atoms with Crippen molar-refractivity contribution in [3.63, 3.8) is 0 Å². The average Bonchev–Trinajstić information content (AvgIpc) is 2.61. The Morgan fingerprint density at radius 2 is 1.58 bits per heavy atom. The van der Waals surface area contributed by atoms with Crippen molar-refractivity contribution in [2.75, 3.05) is 21.3 Å². The van der Waals surface area contributed by atoms with Crippen LogP contribution in [0.1, 0.15) is 0 Å². The standard InChI is InChI=1S/C18H16O8/c1-23-11-6-8(4-5-9(11)19)16-18(25-3)15(22)13-12(26-16)7-10(20)17(24-2)14(13)21/h4-7,19-21H,1-3H3. The first kappa shape index (κ1) is 17.3. The van der Waals surface area contributed by atoms with E-state index in [0.717, 1.165) is 6.07 Å². The number of phenolic OH excluding ortho intramolecular Hbond substituents is 3. The zero-order valence-corrected chi connectivity index (χ0v) is 14.2. The van der Waals surface area contributed by atoms with Gasteiger partial charge in [-0.2, -0.15) is 0 Å². The third kappa shape index (κ3) is 2.52. The van der Waals surface area contributed by atoms with Gasteiger partial charge in [-0.1, -0.05) is 0 Å². The van der Waals surface area contributed by atoms with Crippen LogP contribution in [0.4, 0.5) is 0 Å². The molecule has 8 nitrogen and oxygen atoms in total. The molecule has 0 unspecified atom stereocenters. The van der Waals surface area contributed by atoms with Crippen LogP contribution in [0, 0.1) is 0 Å². The van der Waals surface area contributed by atoms with Crippen LogP contribution in [0.2, 0.25) is 0 Å². The van der Waals surface area contributed by atoms with Gasteiger partial charge in [-0.3, -0.25) is 4.79 Å².